The quantitative estimate of drug-likeness (QED) is 0.429. The summed E-state index contributed by atoms with van der Waals surface area (Å²) in [5.41, 5.74) is -1.49. The van der Waals surface area contributed by atoms with Gasteiger partial charge in [0.05, 0.1) is 12.0 Å². The lowest BCUT2D eigenvalue weighted by Gasteiger charge is -2.34. The molecule has 0 aromatic heterocycles. The molecule has 0 aromatic carbocycles. The number of rotatable bonds is 9. The third-order valence-electron chi connectivity index (χ3n) is 4.87. The average Bonchev–Trinajstić information content (AvgIpc) is 2.69. The maximum absolute atomic E-state index is 12.9. The van der Waals surface area contributed by atoms with Crippen LogP contribution in [-0.2, 0) is 9.59 Å². The van der Waals surface area contributed by atoms with Gasteiger partial charge in [-0.15, -0.1) is 0 Å². The molecule has 3 atom stereocenters. The van der Waals surface area contributed by atoms with Crippen LogP contribution < -0.4 is 0 Å². The molecule has 0 radical (unpaired) electrons. The van der Waals surface area contributed by atoms with Crippen molar-refractivity contribution in [3.8, 4) is 0 Å². The highest BCUT2D eigenvalue weighted by Gasteiger charge is 2.58. The molecule has 5 heteroatoms. The van der Waals surface area contributed by atoms with Crippen LogP contribution >= 0.6 is 0 Å². The van der Waals surface area contributed by atoms with E-state index >= 15 is 0 Å². The van der Waals surface area contributed by atoms with Crippen molar-refractivity contribution in [2.45, 2.75) is 78.9 Å². The molecule has 148 valence electrons. The number of aliphatic hydroxyl groups is 3. The van der Waals surface area contributed by atoms with Crippen molar-refractivity contribution in [3.05, 3.63) is 23.0 Å². The predicted octanol–water partition coefficient (Wildman–Crippen LogP) is 3.50. The Kier molecular flexibility index (Phi) is 7.78. The largest absolute Gasteiger partial charge is 0.508 e. The third kappa shape index (κ3) is 4.83. The van der Waals surface area contributed by atoms with Gasteiger partial charge in [-0.2, -0.15) is 0 Å². The van der Waals surface area contributed by atoms with Crippen molar-refractivity contribution in [2.75, 3.05) is 0 Å². The number of aliphatic hydroxyl groups excluding tert-OH is 2. The standard InChI is InChI=1S/C21H34O5/c1-12(2)7-9-15-19(24)18(16(22)11-14(5)6)20(25)21(15,26)17(23)10-8-13(3)4/h7,13-15,17,23,25-26H,8-11H2,1-6H3. The van der Waals surface area contributed by atoms with Gasteiger partial charge in [0.2, 0.25) is 0 Å². The minimum absolute atomic E-state index is 0.0198. The lowest BCUT2D eigenvalue weighted by atomic mass is 9.79. The highest BCUT2D eigenvalue weighted by Crippen LogP contribution is 2.43. The number of carbonyl (C=O) groups excluding carboxylic acids is 2. The zero-order valence-corrected chi connectivity index (χ0v) is 16.9. The SMILES string of the molecule is CC(C)=CCC1C(=O)C(C(=O)CC(C)C)=C(O)C1(O)C(O)CCC(C)C. The highest BCUT2D eigenvalue weighted by molar-refractivity contribution is 6.23. The first kappa shape index (κ1) is 22.6. The Balaban J connectivity index is 3.31. The van der Waals surface area contributed by atoms with Crippen molar-refractivity contribution < 1.29 is 24.9 Å². The van der Waals surface area contributed by atoms with E-state index < -0.39 is 34.9 Å². The smallest absolute Gasteiger partial charge is 0.176 e. The van der Waals surface area contributed by atoms with Crippen LogP contribution in [-0.4, -0.2) is 38.6 Å². The molecule has 0 saturated carbocycles. The van der Waals surface area contributed by atoms with Crippen LogP contribution in [0.2, 0.25) is 0 Å². The second-order valence-corrected chi connectivity index (χ2v) is 8.49. The Bertz CT molecular complexity index is 596. The van der Waals surface area contributed by atoms with Crippen molar-refractivity contribution >= 4 is 11.6 Å². The van der Waals surface area contributed by atoms with E-state index in [1.54, 1.807) is 6.08 Å². The van der Waals surface area contributed by atoms with Gasteiger partial charge in [0.1, 0.15) is 11.3 Å². The van der Waals surface area contributed by atoms with Gasteiger partial charge in [-0.1, -0.05) is 39.3 Å². The second kappa shape index (κ2) is 8.96. The molecule has 0 aromatic rings. The van der Waals surface area contributed by atoms with E-state index in [1.165, 1.54) is 0 Å². The highest BCUT2D eigenvalue weighted by atomic mass is 16.4. The Morgan fingerprint density at radius 3 is 2.19 bits per heavy atom. The van der Waals surface area contributed by atoms with E-state index in [9.17, 15) is 24.9 Å². The van der Waals surface area contributed by atoms with Gasteiger partial charge in [-0.05, 0) is 44.9 Å². The summed E-state index contributed by atoms with van der Waals surface area (Å²) in [5, 5.41) is 32.5. The molecule has 0 spiro atoms. The summed E-state index contributed by atoms with van der Waals surface area (Å²) in [6.45, 7) is 11.4. The molecule has 0 fully saturated rings. The fourth-order valence-corrected chi connectivity index (χ4v) is 3.34. The fraction of sp³-hybridized carbons (Fsp3) is 0.714. The van der Waals surface area contributed by atoms with Crippen LogP contribution in [0.1, 0.15) is 67.2 Å². The minimum Gasteiger partial charge on any atom is -0.508 e. The molecule has 1 rings (SSSR count). The van der Waals surface area contributed by atoms with Crippen LogP contribution in [0.4, 0.5) is 0 Å². The van der Waals surface area contributed by atoms with E-state index in [0.717, 1.165) is 5.57 Å². The minimum atomic E-state index is -2.11. The van der Waals surface area contributed by atoms with E-state index in [4.69, 9.17) is 0 Å². The first-order valence-electron chi connectivity index (χ1n) is 9.47. The average molecular weight is 366 g/mol. The first-order valence-corrected chi connectivity index (χ1v) is 9.47. The molecule has 26 heavy (non-hydrogen) atoms. The summed E-state index contributed by atoms with van der Waals surface area (Å²) >= 11 is 0. The van der Waals surface area contributed by atoms with Gasteiger partial charge in [0, 0.05) is 6.42 Å². The molecular formula is C21H34O5. The lowest BCUT2D eigenvalue weighted by Crippen LogP contribution is -2.49. The van der Waals surface area contributed by atoms with Gasteiger partial charge in [-0.3, -0.25) is 9.59 Å². The Hall–Kier alpha value is -1.46. The molecule has 3 unspecified atom stereocenters. The second-order valence-electron chi connectivity index (χ2n) is 8.49. The number of Topliss-reactive ketones (excluding diaryl/α,β-unsaturated/α-hetero) is 2. The Morgan fingerprint density at radius 1 is 1.15 bits per heavy atom. The van der Waals surface area contributed by atoms with Gasteiger partial charge < -0.3 is 15.3 Å². The van der Waals surface area contributed by atoms with Crippen molar-refractivity contribution in [1.82, 2.24) is 0 Å². The number of carbonyl (C=O) groups is 2. The fourth-order valence-electron chi connectivity index (χ4n) is 3.34. The molecule has 0 heterocycles. The van der Waals surface area contributed by atoms with Crippen LogP contribution in [0.3, 0.4) is 0 Å². The van der Waals surface area contributed by atoms with E-state index in [0.29, 0.717) is 12.3 Å². The summed E-state index contributed by atoms with van der Waals surface area (Å²) in [6, 6.07) is 0. The third-order valence-corrected chi connectivity index (χ3v) is 4.87. The maximum atomic E-state index is 12.9. The molecule has 0 amide bonds. The molecule has 0 bridgehead atoms. The molecule has 5 nitrogen and oxygen atoms in total. The zero-order chi connectivity index (χ0) is 20.2. The lowest BCUT2D eigenvalue weighted by molar-refractivity contribution is -0.135. The van der Waals surface area contributed by atoms with Gasteiger partial charge >= 0.3 is 0 Å². The van der Waals surface area contributed by atoms with E-state index in [-0.39, 0.29) is 30.8 Å². The van der Waals surface area contributed by atoms with E-state index in [1.807, 2.05) is 41.5 Å². The number of allylic oxidation sites excluding steroid dienone is 3. The first-order chi connectivity index (χ1) is 11.9. The van der Waals surface area contributed by atoms with Crippen LogP contribution in [0.25, 0.3) is 0 Å². The maximum Gasteiger partial charge on any atom is 0.176 e. The summed E-state index contributed by atoms with van der Waals surface area (Å²) in [4.78, 5) is 25.4. The summed E-state index contributed by atoms with van der Waals surface area (Å²) in [6.07, 6.45) is 1.62. The monoisotopic (exact) mass is 366 g/mol. The predicted molar refractivity (Wildman–Crippen MR) is 102 cm³/mol. The van der Waals surface area contributed by atoms with Crippen LogP contribution in [0, 0.1) is 17.8 Å². The van der Waals surface area contributed by atoms with Crippen molar-refractivity contribution in [3.63, 3.8) is 0 Å². The molecule has 0 saturated heterocycles. The molecule has 3 N–H and O–H groups in total. The molecule has 1 aliphatic rings. The Labute approximate surface area is 156 Å². The van der Waals surface area contributed by atoms with Crippen LogP contribution in [0.5, 0.6) is 0 Å². The molecule has 1 aliphatic carbocycles. The summed E-state index contributed by atoms with van der Waals surface area (Å²) in [5.74, 6) is -2.43. The normalized spacial score (nSPS) is 24.5. The topological polar surface area (TPSA) is 94.8 Å². The van der Waals surface area contributed by atoms with Crippen molar-refractivity contribution in [2.24, 2.45) is 17.8 Å². The zero-order valence-electron chi connectivity index (χ0n) is 16.9. The van der Waals surface area contributed by atoms with Crippen molar-refractivity contribution in [1.29, 1.82) is 0 Å². The molecule has 0 aliphatic heterocycles. The summed E-state index contributed by atoms with van der Waals surface area (Å²) < 4.78 is 0. The number of ketones is 2. The Morgan fingerprint density at radius 2 is 1.73 bits per heavy atom. The number of hydrogen-bond acceptors (Lipinski definition) is 5. The van der Waals surface area contributed by atoms with E-state index in [2.05, 4.69) is 0 Å². The molecular weight excluding hydrogens is 332 g/mol. The summed E-state index contributed by atoms with van der Waals surface area (Å²) in [7, 11) is 0. The van der Waals surface area contributed by atoms with Gasteiger partial charge in [-0.25, -0.2) is 0 Å². The number of hydrogen-bond donors (Lipinski definition) is 3. The van der Waals surface area contributed by atoms with Gasteiger partial charge in [0.25, 0.3) is 0 Å². The van der Waals surface area contributed by atoms with Gasteiger partial charge in [0.15, 0.2) is 17.2 Å². The van der Waals surface area contributed by atoms with Crippen LogP contribution in [0.15, 0.2) is 23.0 Å².